The van der Waals surface area contributed by atoms with Gasteiger partial charge in [-0.25, -0.2) is 9.59 Å². The van der Waals surface area contributed by atoms with Crippen molar-refractivity contribution in [3.8, 4) is 5.75 Å². The molecular formula is C19H14N2O5. The lowest BCUT2D eigenvalue weighted by Gasteiger charge is -2.04. The van der Waals surface area contributed by atoms with E-state index in [4.69, 9.17) is 14.3 Å². The SMILES string of the molecule is O=C(Oc1ccc(/C=N/Nc2ccccc2C(=O)O)cc1)c1ccco1. The van der Waals surface area contributed by atoms with Gasteiger partial charge in [0.1, 0.15) is 5.75 Å². The number of carboxylic acids is 1. The van der Waals surface area contributed by atoms with Gasteiger partial charge in [0.05, 0.1) is 23.7 Å². The highest BCUT2D eigenvalue weighted by atomic mass is 16.5. The van der Waals surface area contributed by atoms with Crippen LogP contribution in [0.3, 0.4) is 0 Å². The van der Waals surface area contributed by atoms with Gasteiger partial charge in [-0.15, -0.1) is 0 Å². The summed E-state index contributed by atoms with van der Waals surface area (Å²) in [4.78, 5) is 22.9. The van der Waals surface area contributed by atoms with Crippen molar-refractivity contribution in [3.05, 3.63) is 83.8 Å². The van der Waals surface area contributed by atoms with Gasteiger partial charge < -0.3 is 14.3 Å². The van der Waals surface area contributed by atoms with Crippen LogP contribution >= 0.6 is 0 Å². The first kappa shape index (κ1) is 17.0. The maximum Gasteiger partial charge on any atom is 0.379 e. The predicted octanol–water partition coefficient (Wildman–Crippen LogP) is 3.64. The number of ether oxygens (including phenoxy) is 1. The summed E-state index contributed by atoms with van der Waals surface area (Å²) < 4.78 is 10.1. The average molecular weight is 350 g/mol. The topological polar surface area (TPSA) is 101 Å². The number of rotatable bonds is 6. The lowest BCUT2D eigenvalue weighted by atomic mass is 10.2. The molecule has 0 unspecified atom stereocenters. The number of esters is 1. The summed E-state index contributed by atoms with van der Waals surface area (Å²) in [6.07, 6.45) is 2.92. The summed E-state index contributed by atoms with van der Waals surface area (Å²) in [7, 11) is 0. The van der Waals surface area contributed by atoms with Crippen LogP contribution in [-0.4, -0.2) is 23.3 Å². The van der Waals surface area contributed by atoms with Crippen molar-refractivity contribution in [1.29, 1.82) is 0 Å². The second-order valence-electron chi connectivity index (χ2n) is 5.16. The van der Waals surface area contributed by atoms with E-state index in [1.165, 1.54) is 24.6 Å². The van der Waals surface area contributed by atoms with Crippen LogP contribution in [0.4, 0.5) is 5.69 Å². The molecule has 3 rings (SSSR count). The van der Waals surface area contributed by atoms with Gasteiger partial charge in [0.25, 0.3) is 0 Å². The Labute approximate surface area is 148 Å². The van der Waals surface area contributed by atoms with Crippen molar-refractivity contribution in [2.45, 2.75) is 0 Å². The summed E-state index contributed by atoms with van der Waals surface area (Å²) in [5.41, 5.74) is 3.96. The van der Waals surface area contributed by atoms with E-state index in [-0.39, 0.29) is 11.3 Å². The van der Waals surface area contributed by atoms with Gasteiger partial charge in [-0.3, -0.25) is 5.43 Å². The van der Waals surface area contributed by atoms with Gasteiger partial charge in [0.2, 0.25) is 5.76 Å². The van der Waals surface area contributed by atoms with Crippen molar-refractivity contribution in [2.75, 3.05) is 5.43 Å². The Balaban J connectivity index is 1.62. The molecule has 130 valence electrons. The molecule has 0 bridgehead atoms. The predicted molar refractivity (Wildman–Crippen MR) is 94.7 cm³/mol. The summed E-state index contributed by atoms with van der Waals surface area (Å²) in [5.74, 6) is -1.13. The smallest absolute Gasteiger partial charge is 0.379 e. The number of hydrogen-bond donors (Lipinski definition) is 2. The summed E-state index contributed by atoms with van der Waals surface area (Å²) >= 11 is 0. The molecule has 0 atom stereocenters. The van der Waals surface area contributed by atoms with E-state index in [0.29, 0.717) is 11.4 Å². The summed E-state index contributed by atoms with van der Waals surface area (Å²) in [6.45, 7) is 0. The van der Waals surface area contributed by atoms with Gasteiger partial charge in [-0.2, -0.15) is 5.10 Å². The molecule has 0 saturated carbocycles. The third kappa shape index (κ3) is 4.15. The number of benzene rings is 2. The quantitative estimate of drug-likeness (QED) is 0.305. The molecule has 0 aliphatic carbocycles. The van der Waals surface area contributed by atoms with Gasteiger partial charge in [0, 0.05) is 0 Å². The number of furan rings is 1. The molecule has 7 heteroatoms. The number of nitrogens with one attached hydrogen (secondary N) is 1. The van der Waals surface area contributed by atoms with E-state index in [1.54, 1.807) is 48.5 Å². The third-order valence-corrected chi connectivity index (χ3v) is 3.37. The molecule has 0 saturated heterocycles. The Bertz CT molecular complexity index is 931. The molecule has 2 aromatic carbocycles. The lowest BCUT2D eigenvalue weighted by Crippen LogP contribution is -2.07. The fourth-order valence-corrected chi connectivity index (χ4v) is 2.12. The zero-order chi connectivity index (χ0) is 18.4. The number of aromatic carboxylic acids is 1. The molecule has 0 aliphatic heterocycles. The van der Waals surface area contributed by atoms with Gasteiger partial charge >= 0.3 is 11.9 Å². The molecule has 1 aromatic heterocycles. The van der Waals surface area contributed by atoms with E-state index < -0.39 is 11.9 Å². The number of carbonyl (C=O) groups is 2. The van der Waals surface area contributed by atoms with Crippen LogP contribution in [0.15, 0.2) is 76.4 Å². The van der Waals surface area contributed by atoms with Gasteiger partial charge in [-0.1, -0.05) is 12.1 Å². The van der Waals surface area contributed by atoms with Crippen LogP contribution < -0.4 is 10.2 Å². The Morgan fingerprint density at radius 1 is 1.04 bits per heavy atom. The number of hydrazone groups is 1. The van der Waals surface area contributed by atoms with Gasteiger partial charge in [0.15, 0.2) is 0 Å². The zero-order valence-electron chi connectivity index (χ0n) is 13.5. The minimum atomic E-state index is -1.04. The van der Waals surface area contributed by atoms with E-state index in [9.17, 15) is 9.59 Å². The van der Waals surface area contributed by atoms with Crippen LogP contribution in [0.1, 0.15) is 26.5 Å². The van der Waals surface area contributed by atoms with Crippen LogP contribution in [0.5, 0.6) is 5.75 Å². The van der Waals surface area contributed by atoms with Gasteiger partial charge in [-0.05, 0) is 54.1 Å². The summed E-state index contributed by atoms with van der Waals surface area (Å²) in [6, 6.07) is 16.2. The monoisotopic (exact) mass is 350 g/mol. The Kier molecular flexibility index (Phi) is 5.09. The normalized spacial score (nSPS) is 10.6. The van der Waals surface area contributed by atoms with Crippen molar-refractivity contribution >= 4 is 23.8 Å². The number of hydrogen-bond acceptors (Lipinski definition) is 6. The van der Waals surface area contributed by atoms with Crippen LogP contribution in [0.2, 0.25) is 0 Å². The van der Waals surface area contributed by atoms with Crippen molar-refractivity contribution < 1.29 is 23.8 Å². The third-order valence-electron chi connectivity index (χ3n) is 3.37. The summed E-state index contributed by atoms with van der Waals surface area (Å²) in [5, 5.41) is 13.1. The van der Waals surface area contributed by atoms with E-state index in [2.05, 4.69) is 10.5 Å². The number of anilines is 1. The maximum atomic E-state index is 11.8. The van der Waals surface area contributed by atoms with Crippen molar-refractivity contribution in [1.82, 2.24) is 0 Å². The van der Waals surface area contributed by atoms with Crippen molar-refractivity contribution in [2.24, 2.45) is 5.10 Å². The fourth-order valence-electron chi connectivity index (χ4n) is 2.12. The van der Waals surface area contributed by atoms with E-state index in [0.717, 1.165) is 5.56 Å². The second-order valence-corrected chi connectivity index (χ2v) is 5.16. The average Bonchev–Trinajstić information content (AvgIpc) is 3.18. The van der Waals surface area contributed by atoms with Crippen molar-refractivity contribution in [3.63, 3.8) is 0 Å². The molecule has 0 amide bonds. The minimum absolute atomic E-state index is 0.122. The molecule has 1 heterocycles. The highest BCUT2D eigenvalue weighted by Crippen LogP contribution is 2.16. The Morgan fingerprint density at radius 2 is 1.81 bits per heavy atom. The molecule has 0 spiro atoms. The first-order valence-electron chi connectivity index (χ1n) is 7.60. The highest BCUT2D eigenvalue weighted by molar-refractivity contribution is 5.94. The molecule has 0 fully saturated rings. The first-order valence-corrected chi connectivity index (χ1v) is 7.60. The molecule has 26 heavy (non-hydrogen) atoms. The van der Waals surface area contributed by atoms with Crippen LogP contribution in [-0.2, 0) is 0 Å². The standard InChI is InChI=1S/C19H14N2O5/c22-18(23)15-4-1-2-5-16(15)21-20-12-13-7-9-14(10-8-13)26-19(24)17-6-3-11-25-17/h1-12,21H,(H,22,23)/b20-12+. The maximum absolute atomic E-state index is 11.8. The molecule has 7 nitrogen and oxygen atoms in total. The molecule has 0 radical (unpaired) electrons. The Morgan fingerprint density at radius 3 is 2.50 bits per heavy atom. The molecule has 3 aromatic rings. The van der Waals surface area contributed by atoms with Crippen LogP contribution in [0.25, 0.3) is 0 Å². The highest BCUT2D eigenvalue weighted by Gasteiger charge is 2.11. The number of nitrogens with zero attached hydrogens (tertiary/aromatic N) is 1. The fraction of sp³-hybridized carbons (Fsp3) is 0. The second kappa shape index (κ2) is 7.80. The largest absolute Gasteiger partial charge is 0.478 e. The van der Waals surface area contributed by atoms with E-state index in [1.807, 2.05) is 0 Å². The zero-order valence-corrected chi connectivity index (χ0v) is 13.5. The van der Waals surface area contributed by atoms with Crippen LogP contribution in [0, 0.1) is 0 Å². The number of carboxylic acid groups (broad SMARTS) is 1. The Hall–Kier alpha value is -3.87. The molecule has 2 N–H and O–H groups in total. The number of para-hydroxylation sites is 1. The van der Waals surface area contributed by atoms with E-state index >= 15 is 0 Å². The first-order chi connectivity index (χ1) is 12.6. The molecule has 0 aliphatic rings. The molecular weight excluding hydrogens is 336 g/mol. The minimum Gasteiger partial charge on any atom is -0.478 e. The number of carbonyl (C=O) groups excluding carboxylic acids is 1. The lowest BCUT2D eigenvalue weighted by molar-refractivity contribution is 0.0689.